The lowest BCUT2D eigenvalue weighted by Gasteiger charge is -1.89. The first-order valence-electron chi connectivity index (χ1n) is 3.72. The number of thiol groups is 1. The van der Waals surface area contributed by atoms with Gasteiger partial charge in [-0.05, 0) is 5.56 Å². The Morgan fingerprint density at radius 1 is 1.33 bits per heavy atom. The van der Waals surface area contributed by atoms with Crippen LogP contribution in [0, 0.1) is 0 Å². The quantitative estimate of drug-likeness (QED) is 0.704. The molecule has 0 aliphatic heterocycles. The second kappa shape index (κ2) is 4.78. The molecule has 0 atom stereocenters. The predicted molar refractivity (Wildman–Crippen MR) is 54.1 cm³/mol. The van der Waals surface area contributed by atoms with E-state index in [1.165, 1.54) is 0 Å². The van der Waals surface area contributed by atoms with E-state index in [-0.39, 0.29) is 5.12 Å². The Labute approximate surface area is 77.5 Å². The summed E-state index contributed by atoms with van der Waals surface area (Å²) in [6.07, 6.45) is 4.11. The minimum atomic E-state index is -0.109. The van der Waals surface area contributed by atoms with Crippen LogP contribution in [0.1, 0.15) is 12.0 Å². The summed E-state index contributed by atoms with van der Waals surface area (Å²) in [6, 6.07) is 9.85. The van der Waals surface area contributed by atoms with Gasteiger partial charge in [-0.3, -0.25) is 4.79 Å². The van der Waals surface area contributed by atoms with Crippen LogP contribution in [-0.4, -0.2) is 5.12 Å². The van der Waals surface area contributed by atoms with Crippen LogP contribution >= 0.6 is 12.6 Å². The number of hydrogen-bond donors (Lipinski definition) is 1. The Bertz CT molecular complexity index is 277. The van der Waals surface area contributed by atoms with Gasteiger partial charge in [-0.15, -0.1) is 12.6 Å². The van der Waals surface area contributed by atoms with Crippen LogP contribution < -0.4 is 0 Å². The molecule has 0 radical (unpaired) electrons. The molecule has 0 aliphatic rings. The minimum absolute atomic E-state index is 0.109. The zero-order chi connectivity index (χ0) is 8.81. The molecule has 1 aromatic rings. The molecule has 0 fully saturated rings. The molecule has 1 aromatic carbocycles. The van der Waals surface area contributed by atoms with Gasteiger partial charge in [0, 0.05) is 6.42 Å². The lowest BCUT2D eigenvalue weighted by molar-refractivity contribution is -0.110. The molecule has 0 N–H and O–H groups in total. The van der Waals surface area contributed by atoms with Crippen LogP contribution in [0.25, 0.3) is 6.08 Å². The van der Waals surface area contributed by atoms with Crippen molar-refractivity contribution in [2.75, 3.05) is 0 Å². The third kappa shape index (κ3) is 3.39. The summed E-state index contributed by atoms with van der Waals surface area (Å²) in [7, 11) is 0. The fraction of sp³-hybridized carbons (Fsp3) is 0.100. The maximum atomic E-state index is 10.4. The van der Waals surface area contributed by atoms with E-state index in [1.807, 2.05) is 42.5 Å². The minimum Gasteiger partial charge on any atom is -0.287 e. The van der Waals surface area contributed by atoms with Crippen LogP contribution in [0.2, 0.25) is 0 Å². The van der Waals surface area contributed by atoms with Crippen molar-refractivity contribution in [2.45, 2.75) is 6.42 Å². The first-order valence-corrected chi connectivity index (χ1v) is 4.17. The zero-order valence-corrected chi connectivity index (χ0v) is 7.50. The highest BCUT2D eigenvalue weighted by molar-refractivity contribution is 7.96. The standard InChI is InChI=1S/C10H10OS/c11-10(12)8-4-7-9-5-2-1-3-6-9/h1-7H,8H2,(H,11,12). The third-order valence-electron chi connectivity index (χ3n) is 1.40. The van der Waals surface area contributed by atoms with E-state index in [9.17, 15) is 4.79 Å². The zero-order valence-electron chi connectivity index (χ0n) is 6.60. The molecule has 0 heterocycles. The van der Waals surface area contributed by atoms with Gasteiger partial charge >= 0.3 is 0 Å². The van der Waals surface area contributed by atoms with Gasteiger partial charge in [0.05, 0.1) is 0 Å². The summed E-state index contributed by atoms with van der Waals surface area (Å²) >= 11 is 3.65. The summed E-state index contributed by atoms with van der Waals surface area (Å²) in [4.78, 5) is 10.4. The highest BCUT2D eigenvalue weighted by Crippen LogP contribution is 2.02. The molecule has 2 heteroatoms. The molecule has 0 unspecified atom stereocenters. The lowest BCUT2D eigenvalue weighted by atomic mass is 10.2. The van der Waals surface area contributed by atoms with E-state index in [0.29, 0.717) is 6.42 Å². The van der Waals surface area contributed by atoms with Gasteiger partial charge < -0.3 is 0 Å². The first kappa shape index (κ1) is 9.07. The van der Waals surface area contributed by atoms with Crippen molar-refractivity contribution in [3.63, 3.8) is 0 Å². The van der Waals surface area contributed by atoms with Crippen LogP contribution in [0.4, 0.5) is 0 Å². The smallest absolute Gasteiger partial charge is 0.189 e. The van der Waals surface area contributed by atoms with Crippen LogP contribution in [0.3, 0.4) is 0 Å². The van der Waals surface area contributed by atoms with E-state index in [0.717, 1.165) is 5.56 Å². The summed E-state index contributed by atoms with van der Waals surface area (Å²) in [5, 5.41) is -0.109. The highest BCUT2D eigenvalue weighted by Gasteiger charge is 1.87. The number of hydrogen-bond acceptors (Lipinski definition) is 1. The van der Waals surface area contributed by atoms with Crippen molar-refractivity contribution < 1.29 is 4.79 Å². The lowest BCUT2D eigenvalue weighted by Crippen LogP contribution is -1.79. The van der Waals surface area contributed by atoms with Crippen molar-refractivity contribution in [1.82, 2.24) is 0 Å². The van der Waals surface area contributed by atoms with Gasteiger partial charge in [-0.25, -0.2) is 0 Å². The van der Waals surface area contributed by atoms with Crippen molar-refractivity contribution in [3.05, 3.63) is 42.0 Å². The van der Waals surface area contributed by atoms with Crippen LogP contribution in [0.5, 0.6) is 0 Å². The third-order valence-corrected chi connectivity index (χ3v) is 1.58. The number of benzene rings is 1. The number of allylic oxidation sites excluding steroid dienone is 1. The molecule has 0 amide bonds. The van der Waals surface area contributed by atoms with Crippen LogP contribution in [-0.2, 0) is 4.79 Å². The normalized spacial score (nSPS) is 10.4. The maximum absolute atomic E-state index is 10.4. The van der Waals surface area contributed by atoms with Gasteiger partial charge in [0.25, 0.3) is 0 Å². The predicted octanol–water partition coefficient (Wildman–Crippen LogP) is 2.55. The van der Waals surface area contributed by atoms with Gasteiger partial charge in [-0.2, -0.15) is 0 Å². The highest BCUT2D eigenvalue weighted by atomic mass is 32.1. The van der Waals surface area contributed by atoms with Crippen molar-refractivity contribution in [3.8, 4) is 0 Å². The molecule has 1 nitrogen and oxygen atoms in total. The topological polar surface area (TPSA) is 17.1 Å². The Kier molecular flexibility index (Phi) is 3.61. The molecule has 12 heavy (non-hydrogen) atoms. The van der Waals surface area contributed by atoms with Crippen molar-refractivity contribution in [1.29, 1.82) is 0 Å². The Hall–Kier alpha value is -1.02. The van der Waals surface area contributed by atoms with Crippen molar-refractivity contribution in [2.24, 2.45) is 0 Å². The van der Waals surface area contributed by atoms with E-state index in [1.54, 1.807) is 0 Å². The Balaban J connectivity index is 2.52. The fourth-order valence-corrected chi connectivity index (χ4v) is 0.965. The van der Waals surface area contributed by atoms with E-state index < -0.39 is 0 Å². The summed E-state index contributed by atoms with van der Waals surface area (Å²) < 4.78 is 0. The van der Waals surface area contributed by atoms with E-state index in [2.05, 4.69) is 12.6 Å². The van der Waals surface area contributed by atoms with Gasteiger partial charge in [0.1, 0.15) is 0 Å². The Morgan fingerprint density at radius 3 is 2.58 bits per heavy atom. The summed E-state index contributed by atoms with van der Waals surface area (Å²) in [5.74, 6) is 0. The van der Waals surface area contributed by atoms with Gasteiger partial charge in [-0.1, -0.05) is 42.5 Å². The molecule has 0 bridgehead atoms. The average molecular weight is 178 g/mol. The number of carbonyl (C=O) groups is 1. The average Bonchev–Trinajstić information content (AvgIpc) is 2.05. The second-order valence-electron chi connectivity index (χ2n) is 2.41. The summed E-state index contributed by atoms with van der Waals surface area (Å²) in [5.41, 5.74) is 1.10. The summed E-state index contributed by atoms with van der Waals surface area (Å²) in [6.45, 7) is 0. The molecule has 0 saturated carbocycles. The van der Waals surface area contributed by atoms with Gasteiger partial charge in [0.2, 0.25) is 0 Å². The molecular weight excluding hydrogens is 168 g/mol. The first-order chi connectivity index (χ1) is 5.79. The largest absolute Gasteiger partial charge is 0.287 e. The molecule has 1 rings (SSSR count). The second-order valence-corrected chi connectivity index (χ2v) is 2.91. The maximum Gasteiger partial charge on any atom is 0.189 e. The molecular formula is C10H10OS. The monoisotopic (exact) mass is 178 g/mol. The molecule has 0 spiro atoms. The molecule has 0 saturated heterocycles. The fourth-order valence-electron chi connectivity index (χ4n) is 0.860. The molecule has 62 valence electrons. The Morgan fingerprint density at radius 2 is 2.00 bits per heavy atom. The van der Waals surface area contributed by atoms with E-state index >= 15 is 0 Å². The SMILES string of the molecule is O=C(S)CC=Cc1ccccc1. The number of carbonyl (C=O) groups excluding carboxylic acids is 1. The molecule has 0 aliphatic carbocycles. The van der Waals surface area contributed by atoms with Gasteiger partial charge in [0.15, 0.2) is 5.12 Å². The molecule has 0 aromatic heterocycles. The van der Waals surface area contributed by atoms with E-state index in [4.69, 9.17) is 0 Å². The van der Waals surface area contributed by atoms with Crippen molar-refractivity contribution >= 4 is 23.8 Å². The van der Waals surface area contributed by atoms with Crippen LogP contribution in [0.15, 0.2) is 36.4 Å². The number of rotatable bonds is 3.